The first kappa shape index (κ1) is 17.0. The van der Waals surface area contributed by atoms with Crippen LogP contribution in [0.15, 0.2) is 12.1 Å². The van der Waals surface area contributed by atoms with E-state index in [1.807, 2.05) is 13.8 Å². The zero-order valence-electron chi connectivity index (χ0n) is 14.6. The molecule has 1 fully saturated rings. The molecule has 1 N–H and O–H groups in total. The minimum atomic E-state index is -2.92. The zero-order valence-corrected chi connectivity index (χ0v) is 15.5. The molecule has 2 aromatic rings. The Balaban J connectivity index is 1.91. The Morgan fingerprint density at radius 1 is 1.17 bits per heavy atom. The van der Waals surface area contributed by atoms with Gasteiger partial charge in [0, 0.05) is 24.0 Å². The summed E-state index contributed by atoms with van der Waals surface area (Å²) in [5.74, 6) is 0.267. The maximum absolute atomic E-state index is 12.9. The largest absolute Gasteiger partial charge is 0.350 e. The van der Waals surface area contributed by atoms with Crippen molar-refractivity contribution >= 4 is 26.6 Å². The number of aryl methyl sites for hydroxylation is 3. The van der Waals surface area contributed by atoms with E-state index in [1.165, 1.54) is 5.56 Å². The minimum absolute atomic E-state index is 0.0188. The summed E-state index contributed by atoms with van der Waals surface area (Å²) in [4.78, 5) is 17.9. The number of benzene rings is 1. The van der Waals surface area contributed by atoms with Gasteiger partial charge < -0.3 is 9.88 Å². The molecule has 1 aromatic carbocycles. The van der Waals surface area contributed by atoms with Gasteiger partial charge in [0.2, 0.25) is 0 Å². The highest BCUT2D eigenvalue weighted by atomic mass is 32.2. The quantitative estimate of drug-likeness (QED) is 0.907. The predicted molar refractivity (Wildman–Crippen MR) is 96.3 cm³/mol. The van der Waals surface area contributed by atoms with Gasteiger partial charge in [-0.15, -0.1) is 0 Å². The Hall–Kier alpha value is -1.82. The van der Waals surface area contributed by atoms with E-state index < -0.39 is 9.84 Å². The third-order valence-electron chi connectivity index (χ3n) is 5.11. The average molecular weight is 348 g/mol. The lowest BCUT2D eigenvalue weighted by molar-refractivity contribution is 0.0716. The molecule has 130 valence electrons. The van der Waals surface area contributed by atoms with Crippen LogP contribution in [0.3, 0.4) is 0 Å². The lowest BCUT2D eigenvalue weighted by Gasteiger charge is -2.31. The monoisotopic (exact) mass is 348 g/mol. The molecule has 1 saturated heterocycles. The van der Waals surface area contributed by atoms with Crippen molar-refractivity contribution < 1.29 is 13.2 Å². The van der Waals surface area contributed by atoms with Crippen molar-refractivity contribution in [3.63, 3.8) is 0 Å². The smallest absolute Gasteiger partial charge is 0.270 e. The number of carbonyl (C=O) groups excluding carboxylic acids is 1. The number of nitrogens with zero attached hydrogens (tertiary/aromatic N) is 1. The normalized spacial score (nSPS) is 18.0. The molecule has 5 nitrogen and oxygen atoms in total. The molecule has 1 aromatic heterocycles. The first-order valence-corrected chi connectivity index (χ1v) is 10.1. The van der Waals surface area contributed by atoms with Crippen molar-refractivity contribution in [3.05, 3.63) is 34.5 Å². The molecule has 0 unspecified atom stereocenters. The number of hydrogen-bond acceptors (Lipinski definition) is 3. The highest BCUT2D eigenvalue weighted by molar-refractivity contribution is 7.91. The number of rotatable bonds is 2. The summed E-state index contributed by atoms with van der Waals surface area (Å²) in [6.45, 7) is 6.05. The Morgan fingerprint density at radius 2 is 1.79 bits per heavy atom. The van der Waals surface area contributed by atoms with Gasteiger partial charge in [-0.25, -0.2) is 8.42 Å². The lowest BCUT2D eigenvalue weighted by atomic mass is 10.0. The predicted octanol–water partition coefficient (Wildman–Crippen LogP) is 2.74. The van der Waals surface area contributed by atoms with Crippen LogP contribution in [0.1, 0.15) is 40.0 Å². The molecule has 0 saturated carbocycles. The van der Waals surface area contributed by atoms with Crippen molar-refractivity contribution in [2.45, 2.75) is 39.7 Å². The molecule has 0 aliphatic carbocycles. The van der Waals surface area contributed by atoms with E-state index in [-0.39, 0.29) is 23.5 Å². The number of aromatic nitrogens is 1. The number of amides is 1. The molecular weight excluding hydrogens is 324 g/mol. The van der Waals surface area contributed by atoms with Gasteiger partial charge in [-0.2, -0.15) is 0 Å². The second-order valence-corrected chi connectivity index (χ2v) is 9.23. The summed E-state index contributed by atoms with van der Waals surface area (Å²) < 4.78 is 23.2. The van der Waals surface area contributed by atoms with Crippen LogP contribution < -0.4 is 0 Å². The summed E-state index contributed by atoms with van der Waals surface area (Å²) in [7, 11) is -1.15. The molecule has 0 radical (unpaired) electrons. The molecule has 3 rings (SSSR count). The summed E-state index contributed by atoms with van der Waals surface area (Å²) in [6.07, 6.45) is 1.03. The van der Waals surface area contributed by atoms with E-state index in [9.17, 15) is 13.2 Å². The van der Waals surface area contributed by atoms with Crippen molar-refractivity contribution in [1.29, 1.82) is 0 Å². The van der Waals surface area contributed by atoms with Gasteiger partial charge in [0.05, 0.1) is 11.5 Å². The molecule has 1 aliphatic rings. The SMILES string of the molecule is Cc1cc(C)c2[nH]c(C(=O)N(C)C3CCS(=O)(=O)CC3)c(C)c2c1. The third kappa shape index (κ3) is 2.95. The Kier molecular flexibility index (Phi) is 4.20. The van der Waals surface area contributed by atoms with Crippen LogP contribution >= 0.6 is 0 Å². The molecule has 1 aliphatic heterocycles. The molecule has 6 heteroatoms. The van der Waals surface area contributed by atoms with E-state index in [4.69, 9.17) is 0 Å². The van der Waals surface area contributed by atoms with Gasteiger partial charge in [0.1, 0.15) is 15.5 Å². The van der Waals surface area contributed by atoms with E-state index in [0.717, 1.165) is 22.0 Å². The lowest BCUT2D eigenvalue weighted by Crippen LogP contribution is -2.42. The molecule has 24 heavy (non-hydrogen) atoms. The molecule has 0 atom stereocenters. The van der Waals surface area contributed by atoms with Crippen LogP contribution in [-0.2, 0) is 9.84 Å². The van der Waals surface area contributed by atoms with Crippen LogP contribution in [0.2, 0.25) is 0 Å². The fourth-order valence-electron chi connectivity index (χ4n) is 3.60. The standard InChI is InChI=1S/C18H24N2O3S/c1-11-9-12(2)16-15(10-11)13(3)17(19-16)18(21)20(4)14-5-7-24(22,23)8-6-14/h9-10,14,19H,5-8H2,1-4H3. The van der Waals surface area contributed by atoms with Crippen molar-refractivity contribution in [2.24, 2.45) is 0 Å². The molecule has 2 heterocycles. The maximum Gasteiger partial charge on any atom is 0.270 e. The minimum Gasteiger partial charge on any atom is -0.350 e. The first-order valence-electron chi connectivity index (χ1n) is 8.27. The molecule has 1 amide bonds. The number of nitrogens with one attached hydrogen (secondary N) is 1. The number of carbonyl (C=O) groups is 1. The van der Waals surface area contributed by atoms with Crippen LogP contribution in [0, 0.1) is 20.8 Å². The van der Waals surface area contributed by atoms with Crippen molar-refractivity contribution in [1.82, 2.24) is 9.88 Å². The number of aromatic amines is 1. The van der Waals surface area contributed by atoms with E-state index >= 15 is 0 Å². The first-order chi connectivity index (χ1) is 11.2. The second kappa shape index (κ2) is 5.92. The van der Waals surface area contributed by atoms with Gasteiger partial charge in [-0.1, -0.05) is 11.6 Å². The average Bonchev–Trinajstić information content (AvgIpc) is 2.83. The van der Waals surface area contributed by atoms with E-state index in [1.54, 1.807) is 11.9 Å². The topological polar surface area (TPSA) is 70.2 Å². The number of hydrogen-bond donors (Lipinski definition) is 1. The fourth-order valence-corrected chi connectivity index (χ4v) is 5.07. The van der Waals surface area contributed by atoms with Gasteiger partial charge >= 0.3 is 0 Å². The summed E-state index contributed by atoms with van der Waals surface area (Å²) in [5.41, 5.74) is 4.86. The summed E-state index contributed by atoms with van der Waals surface area (Å²) in [6, 6.07) is 4.18. The van der Waals surface area contributed by atoms with Gasteiger partial charge in [-0.05, 0) is 50.8 Å². The Labute approximate surface area is 143 Å². The van der Waals surface area contributed by atoms with Crippen LogP contribution in [-0.4, -0.2) is 48.8 Å². The fraction of sp³-hybridized carbons (Fsp3) is 0.500. The number of fused-ring (bicyclic) bond motifs is 1. The number of sulfone groups is 1. The molecule has 0 spiro atoms. The van der Waals surface area contributed by atoms with Gasteiger partial charge in [0.15, 0.2) is 0 Å². The highest BCUT2D eigenvalue weighted by Gasteiger charge is 2.30. The molecule has 0 bridgehead atoms. The number of H-pyrrole nitrogens is 1. The van der Waals surface area contributed by atoms with Crippen molar-refractivity contribution in [2.75, 3.05) is 18.6 Å². The van der Waals surface area contributed by atoms with Crippen LogP contribution in [0.5, 0.6) is 0 Å². The van der Waals surface area contributed by atoms with Crippen LogP contribution in [0.4, 0.5) is 0 Å². The van der Waals surface area contributed by atoms with Crippen LogP contribution in [0.25, 0.3) is 10.9 Å². The summed E-state index contributed by atoms with van der Waals surface area (Å²) in [5, 5.41) is 1.08. The third-order valence-corrected chi connectivity index (χ3v) is 6.83. The van der Waals surface area contributed by atoms with Crippen molar-refractivity contribution in [3.8, 4) is 0 Å². The highest BCUT2D eigenvalue weighted by Crippen LogP contribution is 2.27. The summed E-state index contributed by atoms with van der Waals surface area (Å²) >= 11 is 0. The maximum atomic E-state index is 12.9. The second-order valence-electron chi connectivity index (χ2n) is 6.93. The Bertz CT molecular complexity index is 898. The van der Waals surface area contributed by atoms with E-state index in [2.05, 4.69) is 24.0 Å². The Morgan fingerprint density at radius 3 is 2.42 bits per heavy atom. The van der Waals surface area contributed by atoms with Gasteiger partial charge in [-0.3, -0.25) is 4.79 Å². The van der Waals surface area contributed by atoms with Gasteiger partial charge in [0.25, 0.3) is 5.91 Å². The molecular formula is C18H24N2O3S. The van der Waals surface area contributed by atoms with E-state index in [0.29, 0.717) is 18.5 Å². The zero-order chi connectivity index (χ0) is 17.6.